The number of anilines is 1. The number of ether oxygens (including phenoxy) is 5. The Kier molecular flexibility index (Phi) is 12.4. The number of alkyl halides is 1. The average Bonchev–Trinajstić information content (AvgIpc) is 3.18. The van der Waals surface area contributed by atoms with E-state index in [-0.39, 0.29) is 18.5 Å². The molecule has 0 unspecified atom stereocenters. The van der Waals surface area contributed by atoms with Crippen LogP contribution in [0.3, 0.4) is 0 Å². The smallest absolute Gasteiger partial charge is 0.351 e. The predicted molar refractivity (Wildman–Crippen MR) is 146 cm³/mol. The Labute approximate surface area is 244 Å². The van der Waals surface area contributed by atoms with Crippen molar-refractivity contribution in [1.82, 2.24) is 9.55 Å². The van der Waals surface area contributed by atoms with Gasteiger partial charge in [-0.2, -0.15) is 4.98 Å². The van der Waals surface area contributed by atoms with Crippen molar-refractivity contribution in [2.45, 2.75) is 92.5 Å². The molecule has 1 aliphatic rings. The molecule has 0 amide bonds. The van der Waals surface area contributed by atoms with E-state index in [1.54, 1.807) is 27.7 Å². The third kappa shape index (κ3) is 8.73. The van der Waals surface area contributed by atoms with Gasteiger partial charge >= 0.3 is 29.6 Å². The SMILES string of the molecule is CCC(CC)C(=O)OCNc1ccn([C@@H]2O[C@](F)(COC(=O)C(C)C)[C@@H](OC(=O)C(C)C)[C@H]2OC(=O)C(C)C)c(=O)n1. The minimum Gasteiger partial charge on any atom is -0.459 e. The summed E-state index contributed by atoms with van der Waals surface area (Å²) in [6.07, 6.45) is -2.75. The number of rotatable bonds is 14. The summed E-state index contributed by atoms with van der Waals surface area (Å²) in [4.78, 5) is 66.4. The molecular formula is C28H42FN3O10. The number of carbonyl (C=O) groups excluding carboxylic acids is 4. The van der Waals surface area contributed by atoms with Gasteiger partial charge in [0, 0.05) is 6.20 Å². The summed E-state index contributed by atoms with van der Waals surface area (Å²) < 4.78 is 44.1. The first kappa shape index (κ1) is 34.7. The fraction of sp³-hybridized carbons (Fsp3) is 0.714. The van der Waals surface area contributed by atoms with Crippen LogP contribution in [0.1, 0.15) is 74.5 Å². The number of carbonyl (C=O) groups is 4. The molecule has 14 heteroatoms. The monoisotopic (exact) mass is 599 g/mol. The molecule has 1 N–H and O–H groups in total. The van der Waals surface area contributed by atoms with E-state index in [9.17, 15) is 24.0 Å². The molecule has 0 saturated carbocycles. The molecule has 236 valence electrons. The summed E-state index contributed by atoms with van der Waals surface area (Å²) >= 11 is 0. The van der Waals surface area contributed by atoms with Gasteiger partial charge in [-0.05, 0) is 18.9 Å². The highest BCUT2D eigenvalue weighted by Gasteiger charge is 2.62. The first-order valence-corrected chi connectivity index (χ1v) is 14.1. The molecule has 0 spiro atoms. The van der Waals surface area contributed by atoms with Gasteiger partial charge in [-0.15, -0.1) is 0 Å². The molecule has 0 aromatic carbocycles. The fourth-order valence-corrected chi connectivity index (χ4v) is 3.83. The number of halogens is 1. The maximum absolute atomic E-state index is 16.5. The fourth-order valence-electron chi connectivity index (χ4n) is 3.83. The number of esters is 4. The van der Waals surface area contributed by atoms with Crippen molar-refractivity contribution < 1.29 is 47.3 Å². The Hall–Kier alpha value is -3.55. The molecule has 42 heavy (non-hydrogen) atoms. The summed E-state index contributed by atoms with van der Waals surface area (Å²) in [5.74, 6) is -7.90. The second-order valence-corrected chi connectivity index (χ2v) is 10.9. The van der Waals surface area contributed by atoms with Crippen LogP contribution in [0.4, 0.5) is 10.2 Å². The van der Waals surface area contributed by atoms with Gasteiger partial charge in [0.25, 0.3) is 5.85 Å². The van der Waals surface area contributed by atoms with Gasteiger partial charge in [0.2, 0.25) is 6.10 Å². The molecule has 0 aliphatic carbocycles. The van der Waals surface area contributed by atoms with Crippen molar-refractivity contribution in [3.05, 3.63) is 22.7 Å². The van der Waals surface area contributed by atoms with Crippen LogP contribution in [0.15, 0.2) is 17.1 Å². The molecule has 1 aromatic heterocycles. The number of hydrogen-bond donors (Lipinski definition) is 1. The molecule has 1 saturated heterocycles. The van der Waals surface area contributed by atoms with Crippen molar-refractivity contribution in [2.24, 2.45) is 23.7 Å². The van der Waals surface area contributed by atoms with Crippen LogP contribution in [0, 0.1) is 23.7 Å². The third-order valence-corrected chi connectivity index (χ3v) is 6.53. The molecular weight excluding hydrogens is 557 g/mol. The van der Waals surface area contributed by atoms with E-state index in [2.05, 4.69) is 10.3 Å². The van der Waals surface area contributed by atoms with Gasteiger partial charge in [0.1, 0.15) is 5.82 Å². The first-order chi connectivity index (χ1) is 19.6. The first-order valence-electron chi connectivity index (χ1n) is 14.1. The topological polar surface area (TPSA) is 161 Å². The van der Waals surface area contributed by atoms with Crippen LogP contribution in [0.5, 0.6) is 0 Å². The molecule has 1 fully saturated rings. The lowest BCUT2D eigenvalue weighted by atomic mass is 10.0. The second kappa shape index (κ2) is 15.1. The minimum atomic E-state index is -2.98. The van der Waals surface area contributed by atoms with Crippen LogP contribution in [-0.2, 0) is 42.9 Å². The van der Waals surface area contributed by atoms with E-state index in [0.29, 0.717) is 12.8 Å². The summed E-state index contributed by atoms with van der Waals surface area (Å²) in [7, 11) is 0. The Morgan fingerprint density at radius 2 is 1.52 bits per heavy atom. The van der Waals surface area contributed by atoms with Gasteiger partial charge in [-0.25, -0.2) is 9.18 Å². The van der Waals surface area contributed by atoms with Crippen LogP contribution in [0.2, 0.25) is 0 Å². The molecule has 2 rings (SSSR count). The highest BCUT2D eigenvalue weighted by Crippen LogP contribution is 2.42. The lowest BCUT2D eigenvalue weighted by molar-refractivity contribution is -0.226. The maximum Gasteiger partial charge on any atom is 0.351 e. The van der Waals surface area contributed by atoms with Crippen molar-refractivity contribution >= 4 is 29.7 Å². The van der Waals surface area contributed by atoms with E-state index in [1.807, 2.05) is 13.8 Å². The van der Waals surface area contributed by atoms with Gasteiger partial charge in [-0.1, -0.05) is 55.4 Å². The van der Waals surface area contributed by atoms with Crippen LogP contribution in [0.25, 0.3) is 0 Å². The summed E-state index contributed by atoms with van der Waals surface area (Å²) in [6, 6.07) is 1.34. The molecule has 0 radical (unpaired) electrons. The normalized spacial score (nSPS) is 22.0. The standard InChI is InChI=1S/C28H42FN3O10/c1-9-18(10-2)26(36)39-14-30-19-11-12-32(27(37)31-19)22-20(40-24(34)16(5)6)21(41-25(35)17(7)8)28(29,42-22)13-38-23(33)15(3)4/h11-12,15-18,20-22H,9-10,13-14H2,1-8H3,(H,30,31,37)/t20-,21+,22-,28-/m1/s1. The van der Waals surface area contributed by atoms with Crippen molar-refractivity contribution in [3.63, 3.8) is 0 Å². The number of nitrogens with one attached hydrogen (secondary N) is 1. The molecule has 0 bridgehead atoms. The molecule has 1 aromatic rings. The largest absolute Gasteiger partial charge is 0.459 e. The van der Waals surface area contributed by atoms with Crippen molar-refractivity contribution in [2.75, 3.05) is 18.7 Å². The number of aromatic nitrogens is 2. The van der Waals surface area contributed by atoms with Crippen LogP contribution >= 0.6 is 0 Å². The van der Waals surface area contributed by atoms with E-state index < -0.39 is 78.2 Å². The lowest BCUT2D eigenvalue weighted by Crippen LogP contribution is -2.48. The molecule has 2 heterocycles. The number of hydrogen-bond acceptors (Lipinski definition) is 12. The van der Waals surface area contributed by atoms with Gasteiger partial charge in [-0.3, -0.25) is 23.7 Å². The lowest BCUT2D eigenvalue weighted by Gasteiger charge is -2.28. The zero-order chi connectivity index (χ0) is 31.8. The van der Waals surface area contributed by atoms with Gasteiger partial charge in [0.15, 0.2) is 25.7 Å². The van der Waals surface area contributed by atoms with Gasteiger partial charge < -0.3 is 29.0 Å². The van der Waals surface area contributed by atoms with Gasteiger partial charge in [0.05, 0.1) is 23.7 Å². The summed E-state index contributed by atoms with van der Waals surface area (Å²) in [5, 5.41) is 2.71. The van der Waals surface area contributed by atoms with Crippen molar-refractivity contribution in [3.8, 4) is 0 Å². The molecule has 4 atom stereocenters. The number of nitrogens with zero attached hydrogens (tertiary/aromatic N) is 2. The van der Waals surface area contributed by atoms with E-state index in [4.69, 9.17) is 23.7 Å². The van der Waals surface area contributed by atoms with E-state index >= 15 is 4.39 Å². The molecule has 1 aliphatic heterocycles. The Morgan fingerprint density at radius 3 is 2.05 bits per heavy atom. The average molecular weight is 600 g/mol. The maximum atomic E-state index is 16.5. The third-order valence-electron chi connectivity index (χ3n) is 6.53. The Bertz CT molecular complexity index is 1170. The van der Waals surface area contributed by atoms with Crippen LogP contribution in [-0.4, -0.2) is 64.8 Å². The van der Waals surface area contributed by atoms with Crippen LogP contribution < -0.4 is 11.0 Å². The van der Waals surface area contributed by atoms with E-state index in [1.165, 1.54) is 26.1 Å². The van der Waals surface area contributed by atoms with Crippen molar-refractivity contribution in [1.29, 1.82) is 0 Å². The Morgan fingerprint density at radius 1 is 0.952 bits per heavy atom. The highest BCUT2D eigenvalue weighted by atomic mass is 19.2. The summed E-state index contributed by atoms with van der Waals surface area (Å²) in [5.41, 5.74) is -0.945. The quantitative estimate of drug-likeness (QED) is 0.189. The Balaban J connectivity index is 2.42. The second-order valence-electron chi connectivity index (χ2n) is 10.9. The molecule has 13 nitrogen and oxygen atoms in total. The summed E-state index contributed by atoms with van der Waals surface area (Å²) in [6.45, 7) is 11.7. The zero-order valence-corrected chi connectivity index (χ0v) is 25.4. The minimum absolute atomic E-state index is 0.0440. The van der Waals surface area contributed by atoms with E-state index in [0.717, 1.165) is 4.57 Å². The predicted octanol–water partition coefficient (Wildman–Crippen LogP) is 3.12. The zero-order valence-electron chi connectivity index (χ0n) is 25.4. The highest BCUT2D eigenvalue weighted by molar-refractivity contribution is 5.73.